The highest BCUT2D eigenvalue weighted by atomic mass is 16.3. The number of aryl methyl sites for hydroxylation is 2. The average Bonchev–Trinajstić information content (AvgIpc) is 2.62. The molecule has 2 aromatic carbocycles. The molecule has 1 aliphatic carbocycles. The Morgan fingerprint density at radius 3 is 2.19 bits per heavy atom. The fourth-order valence-electron chi connectivity index (χ4n) is 3.54. The molecule has 2 N–H and O–H groups in total. The Morgan fingerprint density at radius 2 is 1.59 bits per heavy atom. The van der Waals surface area contributed by atoms with Crippen molar-refractivity contribution in [1.82, 2.24) is 0 Å². The maximum absolute atomic E-state index is 12.5. The number of benzene rings is 2. The lowest BCUT2D eigenvalue weighted by atomic mass is 9.74. The van der Waals surface area contributed by atoms with Crippen molar-refractivity contribution in [3.05, 3.63) is 59.2 Å². The van der Waals surface area contributed by atoms with E-state index in [-0.39, 0.29) is 54.0 Å². The molecule has 0 heterocycles. The largest absolute Gasteiger partial charge is 0.504 e. The Bertz CT molecular complexity index is 864. The van der Waals surface area contributed by atoms with Crippen LogP contribution in [0.25, 0.3) is 0 Å². The molecular formula is C22H22O5. The molecule has 0 aromatic heterocycles. The first-order valence-corrected chi connectivity index (χ1v) is 9.00. The predicted octanol–water partition coefficient (Wildman–Crippen LogP) is 3.24. The van der Waals surface area contributed by atoms with Crippen molar-refractivity contribution in [3.8, 4) is 11.5 Å². The standard InChI is InChI=1S/C22H22O5/c1-13-2-6-15(7-3-13)16-11-20(26)22(21(27)12-16)18(24)9-5-14-4-8-17(23)19(25)10-14/h2-4,6-8,10,16,22-23,25H,5,9,11-12H2,1H3. The quantitative estimate of drug-likeness (QED) is 0.626. The summed E-state index contributed by atoms with van der Waals surface area (Å²) in [5, 5.41) is 18.8. The van der Waals surface area contributed by atoms with E-state index < -0.39 is 5.92 Å². The smallest absolute Gasteiger partial charge is 0.157 e. The third kappa shape index (κ3) is 4.25. The molecule has 0 unspecified atom stereocenters. The van der Waals surface area contributed by atoms with E-state index >= 15 is 0 Å². The zero-order chi connectivity index (χ0) is 19.6. The van der Waals surface area contributed by atoms with Gasteiger partial charge in [0.2, 0.25) is 0 Å². The summed E-state index contributed by atoms with van der Waals surface area (Å²) >= 11 is 0. The molecule has 1 aliphatic rings. The van der Waals surface area contributed by atoms with Gasteiger partial charge in [0, 0.05) is 19.3 Å². The first-order valence-electron chi connectivity index (χ1n) is 9.00. The van der Waals surface area contributed by atoms with E-state index in [2.05, 4.69) is 0 Å². The maximum atomic E-state index is 12.5. The van der Waals surface area contributed by atoms with Gasteiger partial charge in [0.25, 0.3) is 0 Å². The van der Waals surface area contributed by atoms with Crippen LogP contribution in [0.3, 0.4) is 0 Å². The number of ketones is 3. The van der Waals surface area contributed by atoms with Gasteiger partial charge in [-0.1, -0.05) is 35.9 Å². The SMILES string of the molecule is Cc1ccc(C2CC(=O)C(C(=O)CCc3ccc(O)c(O)c3)C(=O)C2)cc1. The van der Waals surface area contributed by atoms with E-state index in [4.69, 9.17) is 0 Å². The number of aromatic hydroxyl groups is 2. The van der Waals surface area contributed by atoms with Crippen LogP contribution >= 0.6 is 0 Å². The van der Waals surface area contributed by atoms with E-state index in [0.29, 0.717) is 12.0 Å². The van der Waals surface area contributed by atoms with Crippen LogP contribution in [0.15, 0.2) is 42.5 Å². The summed E-state index contributed by atoms with van der Waals surface area (Å²) in [4.78, 5) is 37.5. The lowest BCUT2D eigenvalue weighted by Gasteiger charge is -2.26. The topological polar surface area (TPSA) is 91.7 Å². The van der Waals surface area contributed by atoms with Crippen molar-refractivity contribution in [3.63, 3.8) is 0 Å². The number of phenols is 2. The summed E-state index contributed by atoms with van der Waals surface area (Å²) in [6.07, 6.45) is 0.739. The van der Waals surface area contributed by atoms with Crippen LogP contribution in [-0.4, -0.2) is 27.6 Å². The Morgan fingerprint density at radius 1 is 0.963 bits per heavy atom. The highest BCUT2D eigenvalue weighted by Crippen LogP contribution is 2.33. The molecule has 0 bridgehead atoms. The highest BCUT2D eigenvalue weighted by Gasteiger charge is 2.39. The monoisotopic (exact) mass is 366 g/mol. The summed E-state index contributed by atoms with van der Waals surface area (Å²) in [5.74, 6) is -2.82. The number of Topliss-reactive ketones (excluding diaryl/α,β-unsaturated/α-hetero) is 3. The summed E-state index contributed by atoms with van der Waals surface area (Å²) in [5.41, 5.74) is 2.72. The van der Waals surface area contributed by atoms with Crippen molar-refractivity contribution >= 4 is 17.3 Å². The Hall–Kier alpha value is -2.95. The highest BCUT2D eigenvalue weighted by molar-refractivity contribution is 6.21. The van der Waals surface area contributed by atoms with Crippen molar-refractivity contribution in [2.24, 2.45) is 5.92 Å². The average molecular weight is 366 g/mol. The van der Waals surface area contributed by atoms with Gasteiger partial charge in [0.05, 0.1) is 0 Å². The van der Waals surface area contributed by atoms with Gasteiger partial charge in [-0.05, 0) is 42.5 Å². The molecule has 3 rings (SSSR count). The number of phenolic OH excluding ortho intramolecular Hbond substituents is 2. The van der Waals surface area contributed by atoms with Gasteiger partial charge in [-0.3, -0.25) is 14.4 Å². The molecule has 5 heteroatoms. The van der Waals surface area contributed by atoms with Crippen LogP contribution in [0.4, 0.5) is 0 Å². The lowest BCUT2D eigenvalue weighted by Crippen LogP contribution is -2.38. The van der Waals surface area contributed by atoms with E-state index in [0.717, 1.165) is 11.1 Å². The number of hydrogen-bond donors (Lipinski definition) is 2. The molecule has 0 aliphatic heterocycles. The minimum atomic E-state index is -1.17. The molecular weight excluding hydrogens is 344 g/mol. The van der Waals surface area contributed by atoms with Crippen LogP contribution in [-0.2, 0) is 20.8 Å². The van der Waals surface area contributed by atoms with E-state index in [1.54, 1.807) is 6.07 Å². The first kappa shape index (κ1) is 18.8. The van der Waals surface area contributed by atoms with Crippen molar-refractivity contribution < 1.29 is 24.6 Å². The summed E-state index contributed by atoms with van der Waals surface area (Å²) in [7, 11) is 0. The third-order valence-corrected chi connectivity index (χ3v) is 5.11. The predicted molar refractivity (Wildman–Crippen MR) is 99.8 cm³/mol. The number of carbonyl (C=O) groups excluding carboxylic acids is 3. The summed E-state index contributed by atoms with van der Waals surface area (Å²) < 4.78 is 0. The second-order valence-corrected chi connectivity index (χ2v) is 7.17. The second-order valence-electron chi connectivity index (χ2n) is 7.17. The number of carbonyl (C=O) groups is 3. The van der Waals surface area contributed by atoms with Gasteiger partial charge < -0.3 is 10.2 Å². The van der Waals surface area contributed by atoms with Crippen LogP contribution < -0.4 is 0 Å². The van der Waals surface area contributed by atoms with E-state index in [1.807, 2.05) is 31.2 Å². The summed E-state index contributed by atoms with van der Waals surface area (Å²) in [6.45, 7) is 1.98. The van der Waals surface area contributed by atoms with Crippen molar-refractivity contribution in [2.75, 3.05) is 0 Å². The zero-order valence-electron chi connectivity index (χ0n) is 15.1. The van der Waals surface area contributed by atoms with E-state index in [1.165, 1.54) is 12.1 Å². The summed E-state index contributed by atoms with van der Waals surface area (Å²) in [6, 6.07) is 12.1. The van der Waals surface area contributed by atoms with Crippen LogP contribution in [0.1, 0.15) is 41.9 Å². The molecule has 0 radical (unpaired) electrons. The fourth-order valence-corrected chi connectivity index (χ4v) is 3.54. The minimum absolute atomic E-state index is 0.0432. The molecule has 0 atom stereocenters. The maximum Gasteiger partial charge on any atom is 0.157 e. The zero-order valence-corrected chi connectivity index (χ0v) is 15.1. The Labute approximate surface area is 157 Å². The normalized spacial score (nSPS) is 19.9. The molecule has 1 saturated carbocycles. The van der Waals surface area contributed by atoms with Gasteiger partial charge in [-0.25, -0.2) is 0 Å². The third-order valence-electron chi connectivity index (χ3n) is 5.11. The van der Waals surface area contributed by atoms with Crippen molar-refractivity contribution in [1.29, 1.82) is 0 Å². The second kappa shape index (κ2) is 7.74. The molecule has 2 aromatic rings. The number of hydrogen-bond acceptors (Lipinski definition) is 5. The Balaban J connectivity index is 1.64. The number of rotatable bonds is 5. The molecule has 0 saturated heterocycles. The first-order chi connectivity index (χ1) is 12.8. The molecule has 0 spiro atoms. The molecule has 140 valence electrons. The molecule has 0 amide bonds. The molecule has 1 fully saturated rings. The van der Waals surface area contributed by atoms with Gasteiger partial charge in [-0.2, -0.15) is 0 Å². The van der Waals surface area contributed by atoms with Crippen LogP contribution in [0, 0.1) is 12.8 Å². The molecule has 5 nitrogen and oxygen atoms in total. The van der Waals surface area contributed by atoms with Gasteiger partial charge in [-0.15, -0.1) is 0 Å². The molecule has 27 heavy (non-hydrogen) atoms. The van der Waals surface area contributed by atoms with Gasteiger partial charge >= 0.3 is 0 Å². The van der Waals surface area contributed by atoms with Gasteiger partial charge in [0.15, 0.2) is 28.8 Å². The van der Waals surface area contributed by atoms with E-state index in [9.17, 15) is 24.6 Å². The van der Waals surface area contributed by atoms with Gasteiger partial charge in [0.1, 0.15) is 5.92 Å². The van der Waals surface area contributed by atoms with Crippen molar-refractivity contribution in [2.45, 2.75) is 38.5 Å². The Kier molecular flexibility index (Phi) is 5.40. The van der Waals surface area contributed by atoms with Crippen LogP contribution in [0.5, 0.6) is 11.5 Å². The fraction of sp³-hybridized carbons (Fsp3) is 0.318. The van der Waals surface area contributed by atoms with Crippen LogP contribution in [0.2, 0.25) is 0 Å². The minimum Gasteiger partial charge on any atom is -0.504 e. The lowest BCUT2D eigenvalue weighted by molar-refractivity contribution is -0.142.